The highest BCUT2D eigenvalue weighted by Crippen LogP contribution is 2.18. The van der Waals surface area contributed by atoms with Crippen LogP contribution in [0.3, 0.4) is 0 Å². The lowest BCUT2D eigenvalue weighted by Gasteiger charge is -2.31. The summed E-state index contributed by atoms with van der Waals surface area (Å²) in [6.07, 6.45) is 0.955. The first-order valence-corrected chi connectivity index (χ1v) is 8.74. The predicted octanol–water partition coefficient (Wildman–Crippen LogP) is 2.32. The van der Waals surface area contributed by atoms with E-state index in [9.17, 15) is 4.21 Å². The quantitative estimate of drug-likeness (QED) is 0.906. The highest BCUT2D eigenvalue weighted by atomic mass is 32.2. The van der Waals surface area contributed by atoms with Crippen molar-refractivity contribution in [2.75, 3.05) is 19.8 Å². The standard InChI is InChI=1S/C16H25NO2S/c1-4-17-15-5-6-19-10-16(15)20(18)11-14-8-12(2)7-13(3)9-14/h7-9,15-17H,4-6,10-11H2,1-3H3. The molecule has 3 unspecified atom stereocenters. The molecule has 2 rings (SSSR count). The fourth-order valence-corrected chi connectivity index (χ4v) is 4.45. The van der Waals surface area contributed by atoms with Crippen molar-refractivity contribution in [3.63, 3.8) is 0 Å². The molecular formula is C16H25NO2S. The molecule has 20 heavy (non-hydrogen) atoms. The Kier molecular flexibility index (Phi) is 5.75. The van der Waals surface area contributed by atoms with Gasteiger partial charge in [-0.25, -0.2) is 0 Å². The first kappa shape index (κ1) is 15.7. The summed E-state index contributed by atoms with van der Waals surface area (Å²) in [5, 5.41) is 3.55. The van der Waals surface area contributed by atoms with E-state index >= 15 is 0 Å². The van der Waals surface area contributed by atoms with Gasteiger partial charge < -0.3 is 10.1 Å². The fourth-order valence-electron chi connectivity index (χ4n) is 2.89. The zero-order valence-electron chi connectivity index (χ0n) is 12.6. The van der Waals surface area contributed by atoms with Gasteiger partial charge in [-0.2, -0.15) is 0 Å². The smallest absolute Gasteiger partial charge is 0.0738 e. The van der Waals surface area contributed by atoms with E-state index in [1.807, 2.05) is 0 Å². The Morgan fingerprint density at radius 1 is 1.30 bits per heavy atom. The molecule has 0 saturated carbocycles. The largest absolute Gasteiger partial charge is 0.380 e. The molecule has 0 bridgehead atoms. The summed E-state index contributed by atoms with van der Waals surface area (Å²) in [6, 6.07) is 6.74. The zero-order chi connectivity index (χ0) is 14.5. The summed E-state index contributed by atoms with van der Waals surface area (Å²) in [7, 11) is -0.893. The molecule has 1 heterocycles. The zero-order valence-corrected chi connectivity index (χ0v) is 13.5. The summed E-state index contributed by atoms with van der Waals surface area (Å²) >= 11 is 0. The van der Waals surface area contributed by atoms with Gasteiger partial charge in [-0.15, -0.1) is 0 Å². The molecule has 1 N–H and O–H groups in total. The van der Waals surface area contributed by atoms with E-state index in [0.717, 1.165) is 19.6 Å². The minimum atomic E-state index is -0.893. The Balaban J connectivity index is 2.05. The minimum absolute atomic E-state index is 0.101. The van der Waals surface area contributed by atoms with E-state index in [-0.39, 0.29) is 5.25 Å². The van der Waals surface area contributed by atoms with Crippen molar-refractivity contribution in [1.29, 1.82) is 0 Å². The van der Waals surface area contributed by atoms with Crippen LogP contribution in [0, 0.1) is 13.8 Å². The molecule has 0 aliphatic carbocycles. The molecule has 1 saturated heterocycles. The van der Waals surface area contributed by atoms with Crippen LogP contribution in [-0.2, 0) is 21.3 Å². The maximum atomic E-state index is 12.7. The monoisotopic (exact) mass is 295 g/mol. The molecule has 112 valence electrons. The van der Waals surface area contributed by atoms with Crippen LogP contribution in [0.2, 0.25) is 0 Å². The van der Waals surface area contributed by atoms with E-state index in [1.54, 1.807) is 0 Å². The van der Waals surface area contributed by atoms with Crippen LogP contribution in [0.5, 0.6) is 0 Å². The van der Waals surface area contributed by atoms with Crippen molar-refractivity contribution in [3.05, 3.63) is 34.9 Å². The first-order valence-electron chi connectivity index (χ1n) is 7.35. The van der Waals surface area contributed by atoms with E-state index in [0.29, 0.717) is 18.4 Å². The predicted molar refractivity (Wildman–Crippen MR) is 84.5 cm³/mol. The van der Waals surface area contributed by atoms with Crippen molar-refractivity contribution in [2.45, 2.75) is 44.2 Å². The molecule has 1 aliphatic heterocycles. The number of hydrogen-bond acceptors (Lipinski definition) is 3. The Morgan fingerprint density at radius 2 is 2.00 bits per heavy atom. The Hall–Kier alpha value is -0.710. The van der Waals surface area contributed by atoms with Gasteiger partial charge >= 0.3 is 0 Å². The third kappa shape index (κ3) is 4.14. The average Bonchev–Trinajstić information content (AvgIpc) is 2.38. The first-order chi connectivity index (χ1) is 9.60. The third-order valence-corrected chi connectivity index (χ3v) is 5.46. The van der Waals surface area contributed by atoms with Crippen LogP contribution >= 0.6 is 0 Å². The number of ether oxygens (including phenoxy) is 1. The molecule has 3 nitrogen and oxygen atoms in total. The van der Waals surface area contributed by atoms with Gasteiger partial charge in [-0.05, 0) is 32.4 Å². The summed E-state index contributed by atoms with van der Waals surface area (Å²) in [4.78, 5) is 0. The van der Waals surface area contributed by atoms with Crippen molar-refractivity contribution < 1.29 is 8.95 Å². The van der Waals surface area contributed by atoms with Gasteiger partial charge in [0.2, 0.25) is 0 Å². The van der Waals surface area contributed by atoms with Gasteiger partial charge in [0, 0.05) is 29.2 Å². The lowest BCUT2D eigenvalue weighted by atomic mass is 10.1. The highest BCUT2D eigenvalue weighted by molar-refractivity contribution is 7.84. The van der Waals surface area contributed by atoms with Crippen LogP contribution in [0.1, 0.15) is 30.0 Å². The third-order valence-electron chi connectivity index (χ3n) is 3.70. The molecule has 1 aliphatic rings. The Bertz CT molecular complexity index is 453. The van der Waals surface area contributed by atoms with Crippen molar-refractivity contribution in [3.8, 4) is 0 Å². The van der Waals surface area contributed by atoms with E-state index in [1.165, 1.54) is 16.7 Å². The lowest BCUT2D eigenvalue weighted by molar-refractivity contribution is 0.0824. The van der Waals surface area contributed by atoms with Gasteiger partial charge in [0.1, 0.15) is 0 Å². The van der Waals surface area contributed by atoms with Crippen LogP contribution in [0.4, 0.5) is 0 Å². The molecule has 1 aromatic carbocycles. The normalized spacial score (nSPS) is 24.6. The molecule has 0 aromatic heterocycles. The molecule has 4 heteroatoms. The summed E-state index contributed by atoms with van der Waals surface area (Å²) in [5.74, 6) is 0.623. The van der Waals surface area contributed by atoms with Crippen LogP contribution in [0.25, 0.3) is 0 Å². The second-order valence-electron chi connectivity index (χ2n) is 5.59. The van der Waals surface area contributed by atoms with Crippen molar-refractivity contribution in [1.82, 2.24) is 5.32 Å². The maximum Gasteiger partial charge on any atom is 0.0738 e. The van der Waals surface area contributed by atoms with Crippen LogP contribution in [0.15, 0.2) is 18.2 Å². The van der Waals surface area contributed by atoms with E-state index in [4.69, 9.17) is 4.74 Å². The summed E-state index contributed by atoms with van der Waals surface area (Å²) < 4.78 is 18.2. The average molecular weight is 295 g/mol. The minimum Gasteiger partial charge on any atom is -0.380 e. The van der Waals surface area contributed by atoms with Gasteiger partial charge in [-0.3, -0.25) is 4.21 Å². The molecule has 1 aromatic rings. The van der Waals surface area contributed by atoms with Gasteiger partial charge in [0.05, 0.1) is 11.9 Å². The second kappa shape index (κ2) is 7.34. The maximum absolute atomic E-state index is 12.7. The summed E-state index contributed by atoms with van der Waals surface area (Å²) in [5.41, 5.74) is 3.64. The Labute approximate surface area is 124 Å². The SMILES string of the molecule is CCNC1CCOCC1S(=O)Cc1cc(C)cc(C)c1. The van der Waals surface area contributed by atoms with E-state index in [2.05, 4.69) is 44.3 Å². The van der Waals surface area contributed by atoms with E-state index < -0.39 is 10.8 Å². The Morgan fingerprint density at radius 3 is 2.65 bits per heavy atom. The lowest BCUT2D eigenvalue weighted by Crippen LogP contribution is -2.48. The van der Waals surface area contributed by atoms with Gasteiger partial charge in [0.15, 0.2) is 0 Å². The summed E-state index contributed by atoms with van der Waals surface area (Å²) in [6.45, 7) is 8.57. The molecule has 1 fully saturated rings. The second-order valence-corrected chi connectivity index (χ2v) is 7.24. The van der Waals surface area contributed by atoms with Crippen LogP contribution < -0.4 is 5.32 Å². The molecule has 3 atom stereocenters. The number of aryl methyl sites for hydroxylation is 2. The molecule has 0 radical (unpaired) electrons. The van der Waals surface area contributed by atoms with Gasteiger partial charge in [-0.1, -0.05) is 36.2 Å². The number of rotatable bonds is 5. The number of benzene rings is 1. The number of hydrogen-bond donors (Lipinski definition) is 1. The van der Waals surface area contributed by atoms with Crippen molar-refractivity contribution in [2.24, 2.45) is 0 Å². The van der Waals surface area contributed by atoms with Gasteiger partial charge in [0.25, 0.3) is 0 Å². The highest BCUT2D eigenvalue weighted by Gasteiger charge is 2.29. The molecule has 0 amide bonds. The van der Waals surface area contributed by atoms with Crippen molar-refractivity contribution >= 4 is 10.8 Å². The molecular weight excluding hydrogens is 270 g/mol. The van der Waals surface area contributed by atoms with Crippen LogP contribution in [-0.4, -0.2) is 35.3 Å². The fraction of sp³-hybridized carbons (Fsp3) is 0.625. The number of nitrogens with one attached hydrogen (secondary N) is 1. The topological polar surface area (TPSA) is 38.3 Å². The molecule has 0 spiro atoms.